The van der Waals surface area contributed by atoms with Gasteiger partial charge in [-0.1, -0.05) is 35.9 Å². The summed E-state index contributed by atoms with van der Waals surface area (Å²) in [5.74, 6) is 0.897. The van der Waals surface area contributed by atoms with Gasteiger partial charge in [0.15, 0.2) is 0 Å². The molecule has 1 fully saturated rings. The first-order valence-electron chi connectivity index (χ1n) is 10.7. The molecule has 1 N–H and O–H groups in total. The number of hydrogen-bond acceptors (Lipinski definition) is 4. The fourth-order valence-electron chi connectivity index (χ4n) is 4.23. The van der Waals surface area contributed by atoms with Crippen LogP contribution in [0, 0.1) is 0 Å². The molecule has 0 aliphatic carbocycles. The van der Waals surface area contributed by atoms with E-state index >= 15 is 0 Å². The zero-order chi connectivity index (χ0) is 23.0. The first-order chi connectivity index (χ1) is 15.9. The third kappa shape index (κ3) is 4.70. The van der Waals surface area contributed by atoms with Crippen LogP contribution in [0.25, 0.3) is 0 Å². The normalized spacial score (nSPS) is 16.4. The second-order valence-corrected chi connectivity index (χ2v) is 8.66. The molecule has 2 aliphatic rings. The summed E-state index contributed by atoms with van der Waals surface area (Å²) < 4.78 is 38.4. The Hall–Kier alpha value is -3.03. The molecule has 0 saturated carbocycles. The quantitative estimate of drug-likeness (QED) is 0.476. The molecule has 0 spiro atoms. The van der Waals surface area contributed by atoms with Crippen molar-refractivity contribution >= 4 is 34.5 Å². The van der Waals surface area contributed by atoms with Gasteiger partial charge in [0.05, 0.1) is 16.9 Å². The van der Waals surface area contributed by atoms with Crippen LogP contribution in [-0.2, 0) is 12.7 Å². The number of piperazine rings is 1. The van der Waals surface area contributed by atoms with Crippen molar-refractivity contribution in [1.82, 2.24) is 9.80 Å². The molecule has 3 aromatic carbocycles. The molecule has 0 aromatic heterocycles. The topological polar surface area (TPSA) is 30.9 Å². The molecule has 1 saturated heterocycles. The van der Waals surface area contributed by atoms with Crippen LogP contribution < -0.4 is 5.32 Å². The molecule has 4 nitrogen and oxygen atoms in total. The van der Waals surface area contributed by atoms with Crippen molar-refractivity contribution in [3.63, 3.8) is 0 Å². The first-order valence-corrected chi connectivity index (χ1v) is 11.1. The van der Waals surface area contributed by atoms with Crippen molar-refractivity contribution in [3.8, 4) is 0 Å². The molecular formula is C25H22ClF3N4. The highest BCUT2D eigenvalue weighted by molar-refractivity contribution is 6.31. The summed E-state index contributed by atoms with van der Waals surface area (Å²) in [5, 5.41) is 4.10. The third-order valence-electron chi connectivity index (χ3n) is 5.98. The van der Waals surface area contributed by atoms with Gasteiger partial charge < -0.3 is 10.2 Å². The molecule has 2 heterocycles. The van der Waals surface area contributed by atoms with Gasteiger partial charge in [-0.2, -0.15) is 13.2 Å². The van der Waals surface area contributed by atoms with Crippen molar-refractivity contribution < 1.29 is 13.2 Å². The maximum Gasteiger partial charge on any atom is 0.416 e. The molecule has 8 heteroatoms. The molecule has 170 valence electrons. The summed E-state index contributed by atoms with van der Waals surface area (Å²) in [6.07, 6.45) is -4.31. The Morgan fingerprint density at radius 3 is 2.33 bits per heavy atom. The zero-order valence-electron chi connectivity index (χ0n) is 17.7. The smallest absolute Gasteiger partial charge is 0.353 e. The van der Waals surface area contributed by atoms with Gasteiger partial charge in [0.1, 0.15) is 5.84 Å². The summed E-state index contributed by atoms with van der Waals surface area (Å²) in [6, 6.07) is 19.2. The van der Waals surface area contributed by atoms with Crippen LogP contribution in [0.4, 0.5) is 30.2 Å². The van der Waals surface area contributed by atoms with Crippen LogP contribution in [0.5, 0.6) is 0 Å². The van der Waals surface area contributed by atoms with Crippen molar-refractivity contribution in [2.24, 2.45) is 4.99 Å². The average molecular weight is 471 g/mol. The molecule has 0 unspecified atom stereocenters. The van der Waals surface area contributed by atoms with Gasteiger partial charge in [0.2, 0.25) is 0 Å². The number of fused-ring (bicyclic) bond motifs is 2. The Morgan fingerprint density at radius 1 is 0.879 bits per heavy atom. The van der Waals surface area contributed by atoms with Crippen LogP contribution in [0.1, 0.15) is 16.7 Å². The molecule has 2 aliphatic heterocycles. The molecule has 5 rings (SSSR count). The van der Waals surface area contributed by atoms with Crippen molar-refractivity contribution in [1.29, 1.82) is 0 Å². The molecule has 33 heavy (non-hydrogen) atoms. The summed E-state index contributed by atoms with van der Waals surface area (Å²) in [5.41, 5.74) is 3.98. The predicted molar refractivity (Wildman–Crippen MR) is 126 cm³/mol. The van der Waals surface area contributed by atoms with E-state index in [2.05, 4.69) is 21.2 Å². The third-order valence-corrected chi connectivity index (χ3v) is 6.22. The molecule has 0 atom stereocenters. The molecule has 0 radical (unpaired) electrons. The molecular weight excluding hydrogens is 449 g/mol. The van der Waals surface area contributed by atoms with E-state index in [4.69, 9.17) is 16.6 Å². The Kier molecular flexibility index (Phi) is 5.76. The number of anilines is 2. The van der Waals surface area contributed by atoms with E-state index in [0.717, 1.165) is 72.3 Å². The lowest BCUT2D eigenvalue weighted by atomic mass is 10.1. The Balaban J connectivity index is 1.33. The Bertz CT molecular complexity index is 1180. The van der Waals surface area contributed by atoms with Crippen LogP contribution in [0.2, 0.25) is 5.02 Å². The average Bonchev–Trinajstić information content (AvgIpc) is 2.96. The number of rotatable bonds is 2. The van der Waals surface area contributed by atoms with E-state index in [-0.39, 0.29) is 0 Å². The lowest BCUT2D eigenvalue weighted by Crippen LogP contribution is -2.48. The highest BCUT2D eigenvalue weighted by atomic mass is 35.5. The second kappa shape index (κ2) is 8.72. The van der Waals surface area contributed by atoms with E-state index < -0.39 is 11.7 Å². The molecule has 0 bridgehead atoms. The van der Waals surface area contributed by atoms with Crippen LogP contribution >= 0.6 is 11.6 Å². The van der Waals surface area contributed by atoms with Gasteiger partial charge in [-0.05, 0) is 48.0 Å². The first kappa shape index (κ1) is 21.8. The molecule has 0 amide bonds. The maximum atomic E-state index is 12.8. The highest BCUT2D eigenvalue weighted by Gasteiger charge is 2.30. The second-order valence-electron chi connectivity index (χ2n) is 8.23. The van der Waals surface area contributed by atoms with Crippen LogP contribution in [0.3, 0.4) is 0 Å². The van der Waals surface area contributed by atoms with E-state index in [9.17, 15) is 13.2 Å². The lowest BCUT2D eigenvalue weighted by Gasteiger charge is -2.36. The largest absolute Gasteiger partial charge is 0.416 e. The number of hydrogen-bond donors (Lipinski definition) is 1. The van der Waals surface area contributed by atoms with Gasteiger partial charge in [-0.15, -0.1) is 0 Å². The Morgan fingerprint density at radius 2 is 1.61 bits per heavy atom. The fourth-order valence-corrected chi connectivity index (χ4v) is 4.39. The lowest BCUT2D eigenvalue weighted by molar-refractivity contribution is -0.137. The van der Waals surface area contributed by atoms with Gasteiger partial charge >= 0.3 is 6.18 Å². The van der Waals surface area contributed by atoms with Gasteiger partial charge in [-0.3, -0.25) is 4.90 Å². The summed E-state index contributed by atoms with van der Waals surface area (Å²) >= 11 is 6.23. The minimum atomic E-state index is -4.31. The molecule has 3 aromatic rings. The summed E-state index contributed by atoms with van der Waals surface area (Å²) in [4.78, 5) is 9.50. The number of halogens is 4. The zero-order valence-corrected chi connectivity index (χ0v) is 18.5. The van der Waals surface area contributed by atoms with E-state index in [1.807, 2.05) is 36.4 Å². The monoisotopic (exact) mass is 470 g/mol. The number of para-hydroxylation sites is 1. The van der Waals surface area contributed by atoms with Crippen molar-refractivity contribution in [2.45, 2.75) is 12.7 Å². The fraction of sp³-hybridized carbons (Fsp3) is 0.240. The minimum absolute atomic E-state index is 0.616. The van der Waals surface area contributed by atoms with Gasteiger partial charge in [0.25, 0.3) is 0 Å². The number of nitrogens with one attached hydrogen (secondary N) is 1. The standard InChI is InChI=1S/C25H22ClF3N4/c26-19-9-10-22-23(15-19)31-24(20-3-1-2-4-21(20)30-22)33-13-11-32(12-14-33)16-17-5-7-18(8-6-17)25(27,28)29/h1-10,15,30H,11-14,16H2. The van der Waals surface area contributed by atoms with E-state index in [1.165, 1.54) is 0 Å². The number of amidine groups is 1. The predicted octanol–water partition coefficient (Wildman–Crippen LogP) is 6.31. The van der Waals surface area contributed by atoms with Crippen molar-refractivity contribution in [3.05, 3.63) is 88.4 Å². The van der Waals surface area contributed by atoms with E-state index in [1.54, 1.807) is 12.1 Å². The van der Waals surface area contributed by atoms with Crippen molar-refractivity contribution in [2.75, 3.05) is 31.5 Å². The summed E-state index contributed by atoms with van der Waals surface area (Å²) in [7, 11) is 0. The number of benzene rings is 3. The van der Waals surface area contributed by atoms with Gasteiger partial charge in [0, 0.05) is 49.0 Å². The highest BCUT2D eigenvalue weighted by Crippen LogP contribution is 2.36. The summed E-state index contributed by atoms with van der Waals surface area (Å²) in [6.45, 7) is 3.73. The number of nitrogens with zero attached hydrogens (tertiary/aromatic N) is 3. The van der Waals surface area contributed by atoms with Gasteiger partial charge in [-0.25, -0.2) is 4.99 Å². The minimum Gasteiger partial charge on any atom is -0.353 e. The van der Waals surface area contributed by atoms with E-state index in [0.29, 0.717) is 11.6 Å². The number of aliphatic imine (C=N–C) groups is 1. The Labute approximate surface area is 195 Å². The van der Waals surface area contributed by atoms with Crippen LogP contribution in [-0.4, -0.2) is 41.8 Å². The number of alkyl halides is 3. The maximum absolute atomic E-state index is 12.8. The SMILES string of the molecule is FC(F)(F)c1ccc(CN2CCN(C3=Nc4cc(Cl)ccc4Nc4ccccc43)CC2)cc1. The van der Waals surface area contributed by atoms with Crippen LogP contribution in [0.15, 0.2) is 71.7 Å².